The maximum atomic E-state index is 13.5. The molecule has 6 nitrogen and oxygen atoms in total. The molecular formula is C28H30Cl2N2O4. The van der Waals surface area contributed by atoms with E-state index >= 15 is 0 Å². The fraction of sp³-hybridized carbons (Fsp3) is 0.500. The minimum Gasteiger partial charge on any atom is -0.487 e. The molecule has 2 unspecified atom stereocenters. The molecule has 2 fully saturated rings. The first-order valence-corrected chi connectivity index (χ1v) is 13.3. The average molecular weight is 529 g/mol. The molecule has 1 saturated heterocycles. The first-order chi connectivity index (χ1) is 17.2. The quantitative estimate of drug-likeness (QED) is 0.549. The van der Waals surface area contributed by atoms with E-state index in [2.05, 4.69) is 18.0 Å². The van der Waals surface area contributed by atoms with Crippen molar-refractivity contribution in [1.29, 1.82) is 0 Å². The third-order valence-corrected chi connectivity index (χ3v) is 9.85. The van der Waals surface area contributed by atoms with Gasteiger partial charge in [-0.25, -0.2) is 0 Å². The van der Waals surface area contributed by atoms with E-state index in [0.29, 0.717) is 22.9 Å². The maximum Gasteiger partial charge on any atom is 0.303 e. The van der Waals surface area contributed by atoms with Crippen molar-refractivity contribution in [2.24, 2.45) is 0 Å². The zero-order valence-electron chi connectivity index (χ0n) is 20.7. The van der Waals surface area contributed by atoms with Crippen LogP contribution in [-0.4, -0.2) is 66.1 Å². The van der Waals surface area contributed by atoms with Gasteiger partial charge in [0.2, 0.25) is 5.91 Å². The van der Waals surface area contributed by atoms with Crippen LogP contribution in [0.15, 0.2) is 36.4 Å². The van der Waals surface area contributed by atoms with Crippen molar-refractivity contribution in [1.82, 2.24) is 9.80 Å². The van der Waals surface area contributed by atoms with Crippen molar-refractivity contribution in [2.75, 3.05) is 20.6 Å². The molecule has 1 saturated carbocycles. The van der Waals surface area contributed by atoms with Crippen LogP contribution in [-0.2, 0) is 32.6 Å². The Balaban J connectivity index is 1.40. The average Bonchev–Trinajstić information content (AvgIpc) is 3.18. The molecule has 2 aromatic carbocycles. The predicted octanol–water partition coefficient (Wildman–Crippen LogP) is 4.42. The molecule has 1 spiro atoms. The molecule has 36 heavy (non-hydrogen) atoms. The molecule has 2 bridgehead atoms. The SMILES string of the molecule is CC(=O)O[C@@]12CCC(N(C)C(=O)Cc3ccc(Cl)c(Cl)c3)C3Oc4cccc5c4[C@@]31CCN(C)[C@@H]2C5. The number of ether oxygens (including phenoxy) is 2. The highest BCUT2D eigenvalue weighted by Gasteiger charge is 2.75. The number of amides is 1. The van der Waals surface area contributed by atoms with Gasteiger partial charge in [0.25, 0.3) is 0 Å². The van der Waals surface area contributed by atoms with Gasteiger partial charge in [0.1, 0.15) is 17.5 Å². The second-order valence-electron chi connectivity index (χ2n) is 10.8. The highest BCUT2D eigenvalue weighted by Crippen LogP contribution is 2.65. The lowest BCUT2D eigenvalue weighted by molar-refractivity contribution is -0.221. The molecule has 2 heterocycles. The van der Waals surface area contributed by atoms with Gasteiger partial charge in [0.15, 0.2) is 0 Å². The number of piperidine rings is 1. The Morgan fingerprint density at radius 1 is 1.19 bits per heavy atom. The number of halogens is 2. The van der Waals surface area contributed by atoms with Gasteiger partial charge in [-0.2, -0.15) is 0 Å². The monoisotopic (exact) mass is 528 g/mol. The number of hydrogen-bond acceptors (Lipinski definition) is 5. The van der Waals surface area contributed by atoms with Gasteiger partial charge in [-0.15, -0.1) is 0 Å². The van der Waals surface area contributed by atoms with Crippen molar-refractivity contribution in [3.05, 3.63) is 63.1 Å². The van der Waals surface area contributed by atoms with Crippen LogP contribution in [0.1, 0.15) is 42.9 Å². The number of nitrogens with zero attached hydrogens (tertiary/aromatic N) is 2. The molecule has 5 atom stereocenters. The fourth-order valence-electron chi connectivity index (χ4n) is 7.66. The normalized spacial score (nSPS) is 31.9. The molecule has 190 valence electrons. The molecule has 1 amide bonds. The van der Waals surface area contributed by atoms with Crippen LogP contribution in [0.25, 0.3) is 0 Å². The number of likely N-dealkylation sites (tertiary alicyclic amines) is 1. The van der Waals surface area contributed by atoms with E-state index < -0.39 is 11.0 Å². The van der Waals surface area contributed by atoms with Crippen LogP contribution in [0.5, 0.6) is 5.75 Å². The van der Waals surface area contributed by atoms with Crippen LogP contribution in [0, 0.1) is 0 Å². The number of carbonyl (C=O) groups excluding carboxylic acids is 2. The van der Waals surface area contributed by atoms with E-state index in [1.165, 1.54) is 18.1 Å². The van der Waals surface area contributed by atoms with Gasteiger partial charge in [0.05, 0.1) is 34.0 Å². The van der Waals surface area contributed by atoms with E-state index in [1.54, 1.807) is 12.1 Å². The summed E-state index contributed by atoms with van der Waals surface area (Å²) in [7, 11) is 3.99. The van der Waals surface area contributed by atoms with Crippen molar-refractivity contribution in [2.45, 2.75) is 68.2 Å². The topological polar surface area (TPSA) is 59.1 Å². The summed E-state index contributed by atoms with van der Waals surface area (Å²) in [5.74, 6) is 0.604. The van der Waals surface area contributed by atoms with Crippen LogP contribution >= 0.6 is 23.2 Å². The number of rotatable bonds is 4. The summed E-state index contributed by atoms with van der Waals surface area (Å²) >= 11 is 12.3. The van der Waals surface area contributed by atoms with E-state index in [4.69, 9.17) is 32.7 Å². The number of hydrogen-bond donors (Lipinski definition) is 0. The molecular weight excluding hydrogens is 499 g/mol. The summed E-state index contributed by atoms with van der Waals surface area (Å²) in [6, 6.07) is 11.5. The lowest BCUT2D eigenvalue weighted by Gasteiger charge is -2.65. The van der Waals surface area contributed by atoms with Crippen LogP contribution in [0.3, 0.4) is 0 Å². The third-order valence-electron chi connectivity index (χ3n) is 9.11. The molecule has 6 rings (SSSR count). The van der Waals surface area contributed by atoms with E-state index in [9.17, 15) is 9.59 Å². The minimum atomic E-state index is -0.680. The summed E-state index contributed by atoms with van der Waals surface area (Å²) < 4.78 is 13.1. The standard InChI is InChI=1S/C28H30Cl2N2O4/c1-16(33)36-28-10-9-21(32(3)24(34)14-17-7-8-19(29)20(30)13-17)26-27(28)11-12-31(2)23(28)15-18-5-4-6-22(35-26)25(18)27/h4-8,13,21,23,26H,9-12,14-15H2,1-3H3/t21?,23-,26?,27+,28-/m1/s1. The number of likely N-dealkylation sites (N-methyl/N-ethyl adjacent to an activating group) is 2. The molecule has 8 heteroatoms. The molecule has 0 aromatic heterocycles. The summed E-state index contributed by atoms with van der Waals surface area (Å²) in [5, 5.41) is 0.908. The molecule has 2 aliphatic heterocycles. The highest BCUT2D eigenvalue weighted by atomic mass is 35.5. The maximum absolute atomic E-state index is 13.5. The number of benzene rings is 2. The Morgan fingerprint density at radius 2 is 2.00 bits per heavy atom. The minimum absolute atomic E-state index is 0.00478. The first kappa shape index (κ1) is 24.1. The molecule has 0 N–H and O–H groups in total. The Labute approximate surface area is 221 Å². The lowest BCUT2D eigenvalue weighted by Crippen LogP contribution is -2.78. The van der Waals surface area contributed by atoms with Gasteiger partial charge in [-0.1, -0.05) is 41.4 Å². The highest BCUT2D eigenvalue weighted by molar-refractivity contribution is 6.42. The van der Waals surface area contributed by atoms with Crippen molar-refractivity contribution >= 4 is 35.1 Å². The fourth-order valence-corrected chi connectivity index (χ4v) is 7.98. The molecule has 2 aromatic rings. The van der Waals surface area contributed by atoms with Crippen molar-refractivity contribution < 1.29 is 19.1 Å². The van der Waals surface area contributed by atoms with Gasteiger partial charge < -0.3 is 14.4 Å². The predicted molar refractivity (Wildman–Crippen MR) is 138 cm³/mol. The van der Waals surface area contributed by atoms with Crippen LogP contribution in [0.2, 0.25) is 10.0 Å². The molecule has 0 radical (unpaired) electrons. The summed E-state index contributed by atoms with van der Waals surface area (Å²) in [6.07, 6.45) is 2.94. The zero-order chi connectivity index (χ0) is 25.4. The Kier molecular flexibility index (Phi) is 5.60. The Hall–Kier alpha value is -2.28. The first-order valence-electron chi connectivity index (χ1n) is 12.6. The largest absolute Gasteiger partial charge is 0.487 e. The van der Waals surface area contributed by atoms with Crippen molar-refractivity contribution in [3.63, 3.8) is 0 Å². The van der Waals surface area contributed by atoms with E-state index in [0.717, 1.165) is 30.7 Å². The van der Waals surface area contributed by atoms with Crippen molar-refractivity contribution in [3.8, 4) is 5.75 Å². The van der Waals surface area contributed by atoms with Gasteiger partial charge >= 0.3 is 5.97 Å². The number of carbonyl (C=O) groups is 2. The van der Waals surface area contributed by atoms with Gasteiger partial charge in [-0.3, -0.25) is 14.5 Å². The summed E-state index contributed by atoms with van der Waals surface area (Å²) in [4.78, 5) is 30.2. The Bertz CT molecular complexity index is 1270. The zero-order valence-corrected chi connectivity index (χ0v) is 22.2. The smallest absolute Gasteiger partial charge is 0.303 e. The van der Waals surface area contributed by atoms with E-state index in [1.807, 2.05) is 30.1 Å². The summed E-state index contributed by atoms with van der Waals surface area (Å²) in [5.41, 5.74) is 2.11. The second-order valence-corrected chi connectivity index (χ2v) is 11.6. The number of esters is 1. The molecule has 4 aliphatic rings. The van der Waals surface area contributed by atoms with Gasteiger partial charge in [-0.05, 0) is 68.6 Å². The lowest BCUT2D eigenvalue weighted by atomic mass is 9.48. The van der Waals surface area contributed by atoms with E-state index in [-0.39, 0.29) is 36.5 Å². The second kappa shape index (κ2) is 8.37. The van der Waals surface area contributed by atoms with Crippen LogP contribution in [0.4, 0.5) is 0 Å². The third kappa shape index (κ3) is 3.20. The summed E-state index contributed by atoms with van der Waals surface area (Å²) in [6.45, 7) is 2.39. The Morgan fingerprint density at radius 3 is 2.75 bits per heavy atom. The molecule has 2 aliphatic carbocycles. The van der Waals surface area contributed by atoms with Crippen LogP contribution < -0.4 is 4.74 Å². The van der Waals surface area contributed by atoms with Gasteiger partial charge in [0, 0.05) is 19.5 Å².